The number of halogens is 1. The summed E-state index contributed by atoms with van der Waals surface area (Å²) in [7, 11) is 3.27. The second-order valence-corrected chi connectivity index (χ2v) is 3.54. The molecule has 0 N–H and O–H groups in total. The van der Waals surface area contributed by atoms with E-state index in [1.807, 2.05) is 0 Å². The van der Waals surface area contributed by atoms with Gasteiger partial charge in [0.1, 0.15) is 11.4 Å². The summed E-state index contributed by atoms with van der Waals surface area (Å²) in [6.45, 7) is 1.79. The topological polar surface area (TPSA) is 39.9 Å². The van der Waals surface area contributed by atoms with Gasteiger partial charge in [0, 0.05) is 19.3 Å². The highest BCUT2D eigenvalue weighted by molar-refractivity contribution is 5.56. The molecule has 0 saturated carbocycles. The van der Waals surface area contributed by atoms with Crippen molar-refractivity contribution in [2.45, 2.75) is 6.92 Å². The quantitative estimate of drug-likeness (QED) is 0.778. The molecule has 0 aliphatic rings. The van der Waals surface area contributed by atoms with E-state index in [1.54, 1.807) is 33.3 Å². The Labute approximate surface area is 92.7 Å². The zero-order valence-corrected chi connectivity index (χ0v) is 9.36. The number of methoxy groups -OCH3 is 1. The lowest BCUT2D eigenvalue weighted by Gasteiger charge is -1.98. The average Bonchev–Trinajstić information content (AvgIpc) is 2.59. The summed E-state index contributed by atoms with van der Waals surface area (Å²) in [5, 5.41) is 4.13. The fraction of sp³-hybridized carbons (Fsp3) is 0.273. The molecule has 2 aromatic rings. The Balaban J connectivity index is 2.50. The predicted octanol–water partition coefficient (Wildman–Crippen LogP) is 1.94. The van der Waals surface area contributed by atoms with Crippen LogP contribution in [0.2, 0.25) is 0 Å². The highest BCUT2D eigenvalue weighted by Gasteiger charge is 2.12. The Hall–Kier alpha value is -1.91. The second kappa shape index (κ2) is 3.92. The molecule has 5 heteroatoms. The van der Waals surface area contributed by atoms with Gasteiger partial charge < -0.3 is 4.74 Å². The van der Waals surface area contributed by atoms with E-state index < -0.39 is 0 Å². The lowest BCUT2D eigenvalue weighted by Crippen LogP contribution is -1.95. The number of hydrogen-bond acceptors (Lipinski definition) is 3. The molecule has 2 aromatic heterocycles. The Morgan fingerprint density at radius 2 is 2.12 bits per heavy atom. The molecule has 0 bridgehead atoms. The minimum absolute atomic E-state index is 0.240. The number of nitrogens with zero attached hydrogens (tertiary/aromatic N) is 3. The summed E-state index contributed by atoms with van der Waals surface area (Å²) in [4.78, 5) is 4.03. The monoisotopic (exact) mass is 221 g/mol. The van der Waals surface area contributed by atoms with Crippen LogP contribution in [0.25, 0.3) is 11.4 Å². The fourth-order valence-electron chi connectivity index (χ4n) is 1.48. The number of aryl methyl sites for hydroxylation is 2. The predicted molar refractivity (Wildman–Crippen MR) is 57.7 cm³/mol. The van der Waals surface area contributed by atoms with E-state index >= 15 is 0 Å². The van der Waals surface area contributed by atoms with Gasteiger partial charge >= 0.3 is 0 Å². The van der Waals surface area contributed by atoms with Gasteiger partial charge in [-0.05, 0) is 18.6 Å². The molecule has 0 aliphatic heterocycles. The summed E-state index contributed by atoms with van der Waals surface area (Å²) in [5.74, 6) is 0.192. The average molecular weight is 221 g/mol. The van der Waals surface area contributed by atoms with Gasteiger partial charge in [-0.25, -0.2) is 9.07 Å². The molecule has 2 rings (SSSR count). The third-order valence-electron chi connectivity index (χ3n) is 2.27. The van der Waals surface area contributed by atoms with Crippen LogP contribution < -0.4 is 4.74 Å². The molecule has 0 fully saturated rings. The molecule has 0 spiro atoms. The molecular weight excluding hydrogens is 209 g/mol. The molecule has 2 heterocycles. The maximum absolute atomic E-state index is 13.6. The lowest BCUT2D eigenvalue weighted by molar-refractivity contribution is 0.373. The third-order valence-corrected chi connectivity index (χ3v) is 2.27. The Morgan fingerprint density at radius 1 is 1.38 bits per heavy atom. The zero-order valence-electron chi connectivity index (χ0n) is 9.36. The van der Waals surface area contributed by atoms with Crippen LogP contribution in [0.1, 0.15) is 5.56 Å². The smallest absolute Gasteiger partial charge is 0.211 e. The van der Waals surface area contributed by atoms with Crippen molar-refractivity contribution in [1.82, 2.24) is 14.8 Å². The van der Waals surface area contributed by atoms with Gasteiger partial charge in [-0.3, -0.25) is 4.98 Å². The SMILES string of the molecule is COc1cc(-c2ncc(C)cc2F)nn1C. The van der Waals surface area contributed by atoms with Gasteiger partial charge in [-0.1, -0.05) is 0 Å². The first-order chi connectivity index (χ1) is 7.61. The molecule has 84 valence electrons. The van der Waals surface area contributed by atoms with Crippen LogP contribution >= 0.6 is 0 Å². The first kappa shape index (κ1) is 10.6. The van der Waals surface area contributed by atoms with Gasteiger partial charge in [0.15, 0.2) is 5.82 Å². The largest absolute Gasteiger partial charge is 0.481 e. The maximum atomic E-state index is 13.6. The molecule has 16 heavy (non-hydrogen) atoms. The third kappa shape index (κ3) is 1.76. The lowest BCUT2D eigenvalue weighted by atomic mass is 10.2. The maximum Gasteiger partial charge on any atom is 0.211 e. The van der Waals surface area contributed by atoms with E-state index in [2.05, 4.69) is 10.1 Å². The van der Waals surface area contributed by atoms with E-state index in [0.717, 1.165) is 5.56 Å². The molecule has 0 aliphatic carbocycles. The van der Waals surface area contributed by atoms with E-state index in [-0.39, 0.29) is 11.5 Å². The normalized spacial score (nSPS) is 10.5. The molecular formula is C11H12FN3O. The first-order valence-corrected chi connectivity index (χ1v) is 4.82. The van der Waals surface area contributed by atoms with Gasteiger partial charge in [0.05, 0.1) is 7.11 Å². The summed E-state index contributed by atoms with van der Waals surface area (Å²) >= 11 is 0. The van der Waals surface area contributed by atoms with E-state index in [4.69, 9.17) is 4.74 Å². The van der Waals surface area contributed by atoms with Crippen LogP contribution in [0.15, 0.2) is 18.3 Å². The van der Waals surface area contributed by atoms with Crippen molar-refractivity contribution < 1.29 is 9.13 Å². The van der Waals surface area contributed by atoms with Gasteiger partial charge in [-0.15, -0.1) is 0 Å². The molecule has 0 unspecified atom stereocenters. The highest BCUT2D eigenvalue weighted by atomic mass is 19.1. The van der Waals surface area contributed by atoms with Crippen molar-refractivity contribution >= 4 is 0 Å². The molecule has 0 radical (unpaired) electrons. The van der Waals surface area contributed by atoms with Crippen LogP contribution in [-0.4, -0.2) is 21.9 Å². The second-order valence-electron chi connectivity index (χ2n) is 3.54. The number of rotatable bonds is 2. The fourth-order valence-corrected chi connectivity index (χ4v) is 1.48. The van der Waals surface area contributed by atoms with Crippen molar-refractivity contribution in [2.75, 3.05) is 7.11 Å². The summed E-state index contributed by atoms with van der Waals surface area (Å²) in [5.41, 5.74) is 1.49. The van der Waals surface area contributed by atoms with Crippen LogP contribution in [0, 0.1) is 12.7 Å². The summed E-state index contributed by atoms with van der Waals surface area (Å²) in [6.07, 6.45) is 1.61. The Bertz CT molecular complexity index is 522. The van der Waals surface area contributed by atoms with E-state index in [0.29, 0.717) is 11.6 Å². The zero-order chi connectivity index (χ0) is 11.7. The molecule has 4 nitrogen and oxygen atoms in total. The molecule has 0 amide bonds. The van der Waals surface area contributed by atoms with Crippen molar-refractivity contribution in [3.8, 4) is 17.3 Å². The van der Waals surface area contributed by atoms with E-state index in [1.165, 1.54) is 10.7 Å². The number of aromatic nitrogens is 3. The van der Waals surface area contributed by atoms with Crippen LogP contribution in [0.5, 0.6) is 5.88 Å². The number of hydrogen-bond donors (Lipinski definition) is 0. The van der Waals surface area contributed by atoms with Crippen molar-refractivity contribution in [3.05, 3.63) is 29.7 Å². The van der Waals surface area contributed by atoms with Gasteiger partial charge in [0.2, 0.25) is 5.88 Å². The number of pyridine rings is 1. The van der Waals surface area contributed by atoms with Gasteiger partial charge in [0.25, 0.3) is 0 Å². The minimum Gasteiger partial charge on any atom is -0.481 e. The van der Waals surface area contributed by atoms with Crippen LogP contribution in [0.4, 0.5) is 4.39 Å². The first-order valence-electron chi connectivity index (χ1n) is 4.82. The minimum atomic E-state index is -0.374. The van der Waals surface area contributed by atoms with Crippen molar-refractivity contribution in [3.63, 3.8) is 0 Å². The highest BCUT2D eigenvalue weighted by Crippen LogP contribution is 2.23. The number of ether oxygens (including phenoxy) is 1. The van der Waals surface area contributed by atoms with Crippen LogP contribution in [-0.2, 0) is 7.05 Å². The van der Waals surface area contributed by atoms with Crippen LogP contribution in [0.3, 0.4) is 0 Å². The summed E-state index contributed by atoms with van der Waals surface area (Å²) in [6, 6.07) is 3.09. The van der Waals surface area contributed by atoms with Gasteiger partial charge in [-0.2, -0.15) is 5.10 Å². The molecule has 0 saturated heterocycles. The van der Waals surface area contributed by atoms with Crippen molar-refractivity contribution in [2.24, 2.45) is 7.05 Å². The molecule has 0 atom stereocenters. The summed E-state index contributed by atoms with van der Waals surface area (Å²) < 4.78 is 20.2. The Morgan fingerprint density at radius 3 is 2.69 bits per heavy atom. The van der Waals surface area contributed by atoms with E-state index in [9.17, 15) is 4.39 Å². The Kier molecular flexibility index (Phi) is 2.60. The van der Waals surface area contributed by atoms with Crippen molar-refractivity contribution in [1.29, 1.82) is 0 Å². The standard InChI is InChI=1S/C11H12FN3O/c1-7-4-8(12)11(13-6-7)9-5-10(16-3)15(2)14-9/h4-6H,1-3H3. The molecule has 0 aromatic carbocycles.